The van der Waals surface area contributed by atoms with Gasteiger partial charge in [0.25, 0.3) is 5.69 Å². The molecule has 1 fully saturated rings. The lowest BCUT2D eigenvalue weighted by atomic mass is 10.1. The Morgan fingerprint density at radius 1 is 1.21 bits per heavy atom. The van der Waals surface area contributed by atoms with Gasteiger partial charge in [-0.3, -0.25) is 14.9 Å². The number of benzene rings is 2. The van der Waals surface area contributed by atoms with Crippen LogP contribution in [0.3, 0.4) is 0 Å². The van der Waals surface area contributed by atoms with Crippen LogP contribution >= 0.6 is 11.6 Å². The number of likely N-dealkylation sites (tertiary alicyclic amines) is 1. The van der Waals surface area contributed by atoms with E-state index in [0.29, 0.717) is 31.3 Å². The number of nitrogens with one attached hydrogen (secondary N) is 1. The van der Waals surface area contributed by atoms with Gasteiger partial charge >= 0.3 is 6.18 Å². The molecule has 2 aromatic rings. The fourth-order valence-electron chi connectivity index (χ4n) is 2.97. The average Bonchev–Trinajstić information content (AvgIpc) is 3.00. The molecule has 0 atom stereocenters. The van der Waals surface area contributed by atoms with E-state index in [9.17, 15) is 28.1 Å². The molecule has 148 valence electrons. The van der Waals surface area contributed by atoms with Crippen molar-refractivity contribution in [3.63, 3.8) is 0 Å². The molecular formula is C18H15ClF3N3O3. The summed E-state index contributed by atoms with van der Waals surface area (Å²) in [6.07, 6.45) is -3.43. The second-order valence-corrected chi connectivity index (χ2v) is 6.75. The van der Waals surface area contributed by atoms with Crippen molar-refractivity contribution in [2.75, 3.05) is 11.9 Å². The molecule has 28 heavy (non-hydrogen) atoms. The largest absolute Gasteiger partial charge is 0.418 e. The minimum Gasteiger partial charge on any atom is -0.350 e. The Morgan fingerprint density at radius 3 is 2.43 bits per heavy atom. The molecule has 0 aliphatic carbocycles. The predicted molar refractivity (Wildman–Crippen MR) is 97.5 cm³/mol. The second-order valence-electron chi connectivity index (χ2n) is 6.34. The van der Waals surface area contributed by atoms with E-state index in [1.54, 1.807) is 29.2 Å². The number of amides is 1. The molecular weight excluding hydrogens is 399 g/mol. The summed E-state index contributed by atoms with van der Waals surface area (Å²) in [5, 5.41) is 13.3. The van der Waals surface area contributed by atoms with Crippen molar-refractivity contribution in [2.24, 2.45) is 0 Å². The lowest BCUT2D eigenvalue weighted by molar-refractivity contribution is -0.384. The number of alkyl halides is 3. The van der Waals surface area contributed by atoms with Gasteiger partial charge in [-0.1, -0.05) is 23.7 Å². The van der Waals surface area contributed by atoms with Crippen LogP contribution in [0.15, 0.2) is 36.4 Å². The summed E-state index contributed by atoms with van der Waals surface area (Å²) in [6.45, 7) is 1.17. The minimum atomic E-state index is -4.80. The van der Waals surface area contributed by atoms with Gasteiger partial charge in [-0.15, -0.1) is 0 Å². The topological polar surface area (TPSA) is 75.5 Å². The highest BCUT2D eigenvalue weighted by atomic mass is 35.5. The number of rotatable bonds is 5. The average molecular weight is 414 g/mol. The molecule has 1 amide bonds. The van der Waals surface area contributed by atoms with Crippen LogP contribution in [0, 0.1) is 10.1 Å². The summed E-state index contributed by atoms with van der Waals surface area (Å²) < 4.78 is 38.8. The Balaban J connectivity index is 1.82. The number of nitrogens with zero attached hydrogens (tertiary/aromatic N) is 2. The van der Waals surface area contributed by atoms with Gasteiger partial charge < -0.3 is 10.2 Å². The molecule has 1 saturated heterocycles. The number of anilines is 2. The quantitative estimate of drug-likeness (QED) is 0.544. The van der Waals surface area contributed by atoms with Gasteiger partial charge in [0.1, 0.15) is 5.69 Å². The molecule has 0 spiro atoms. The van der Waals surface area contributed by atoms with Crippen LogP contribution in [0.2, 0.25) is 5.02 Å². The van der Waals surface area contributed by atoms with Crippen molar-refractivity contribution in [1.82, 2.24) is 4.90 Å². The Kier molecular flexibility index (Phi) is 5.46. The minimum absolute atomic E-state index is 0.0947. The van der Waals surface area contributed by atoms with Crippen molar-refractivity contribution >= 4 is 34.6 Å². The highest BCUT2D eigenvalue weighted by molar-refractivity contribution is 6.31. The normalized spacial score (nSPS) is 14.4. The summed E-state index contributed by atoms with van der Waals surface area (Å²) in [7, 11) is 0. The Morgan fingerprint density at radius 2 is 1.89 bits per heavy atom. The number of nitro groups is 1. The Labute approximate surface area is 163 Å². The van der Waals surface area contributed by atoms with Crippen molar-refractivity contribution in [2.45, 2.75) is 25.6 Å². The van der Waals surface area contributed by atoms with Crippen LogP contribution in [0.25, 0.3) is 0 Å². The highest BCUT2D eigenvalue weighted by Crippen LogP contribution is 2.41. The number of nitro benzene ring substituents is 1. The molecule has 6 nitrogen and oxygen atoms in total. The van der Waals surface area contributed by atoms with Crippen LogP contribution in [-0.4, -0.2) is 22.3 Å². The third kappa shape index (κ3) is 4.36. The van der Waals surface area contributed by atoms with Gasteiger partial charge in [-0.2, -0.15) is 13.2 Å². The third-order valence-electron chi connectivity index (χ3n) is 4.37. The maximum Gasteiger partial charge on any atom is 0.418 e. The molecule has 1 aliphatic heterocycles. The fourth-order valence-corrected chi connectivity index (χ4v) is 3.24. The summed E-state index contributed by atoms with van der Waals surface area (Å²) in [4.78, 5) is 23.7. The molecule has 10 heteroatoms. The zero-order valence-electron chi connectivity index (χ0n) is 14.4. The van der Waals surface area contributed by atoms with E-state index in [0.717, 1.165) is 18.1 Å². The van der Waals surface area contributed by atoms with Crippen molar-refractivity contribution < 1.29 is 22.9 Å². The standard InChI is InChI=1S/C18H15ClF3N3O3/c19-14-9-15(16(25(27)28)8-13(14)18(20,21)22)23-12-5-3-11(4-6-12)10-24-7-1-2-17(24)26/h3-6,8-9,23H,1-2,7,10H2. The molecule has 0 unspecified atom stereocenters. The van der Waals surface area contributed by atoms with Gasteiger partial charge in [0.2, 0.25) is 5.91 Å². The first-order valence-electron chi connectivity index (χ1n) is 8.34. The zero-order valence-corrected chi connectivity index (χ0v) is 15.2. The van der Waals surface area contributed by atoms with Gasteiger partial charge in [-0.25, -0.2) is 0 Å². The monoisotopic (exact) mass is 413 g/mol. The first-order valence-corrected chi connectivity index (χ1v) is 8.72. The van der Waals surface area contributed by atoms with E-state index in [2.05, 4.69) is 5.32 Å². The van der Waals surface area contributed by atoms with E-state index >= 15 is 0 Å². The number of hydrogen-bond donors (Lipinski definition) is 1. The van der Waals surface area contributed by atoms with Crippen LogP contribution in [-0.2, 0) is 17.5 Å². The van der Waals surface area contributed by atoms with Crippen molar-refractivity contribution in [3.05, 3.63) is 62.7 Å². The molecule has 1 aliphatic rings. The van der Waals surface area contributed by atoms with Crippen LogP contribution < -0.4 is 5.32 Å². The molecule has 0 radical (unpaired) electrons. The lowest BCUT2D eigenvalue weighted by Crippen LogP contribution is -2.23. The van der Waals surface area contributed by atoms with Gasteiger partial charge in [0.05, 0.1) is 15.5 Å². The van der Waals surface area contributed by atoms with E-state index in [1.165, 1.54) is 0 Å². The highest BCUT2D eigenvalue weighted by Gasteiger charge is 2.36. The Bertz CT molecular complexity index is 917. The van der Waals surface area contributed by atoms with E-state index in [1.807, 2.05) is 0 Å². The summed E-state index contributed by atoms with van der Waals surface area (Å²) >= 11 is 5.67. The van der Waals surface area contributed by atoms with Crippen molar-refractivity contribution in [1.29, 1.82) is 0 Å². The fraction of sp³-hybridized carbons (Fsp3) is 0.278. The number of hydrogen-bond acceptors (Lipinski definition) is 4. The SMILES string of the molecule is O=C1CCCN1Cc1ccc(Nc2cc(Cl)c(C(F)(F)F)cc2[N+](=O)[O-])cc1. The maximum absolute atomic E-state index is 12.9. The van der Waals surface area contributed by atoms with Gasteiger partial charge in [0.15, 0.2) is 0 Å². The van der Waals surface area contributed by atoms with E-state index in [-0.39, 0.29) is 11.6 Å². The Hall–Kier alpha value is -2.81. The first kappa shape index (κ1) is 19.9. The van der Waals surface area contributed by atoms with Crippen LogP contribution in [0.4, 0.5) is 30.2 Å². The molecule has 1 heterocycles. The first-order chi connectivity index (χ1) is 13.1. The number of carbonyl (C=O) groups excluding carboxylic acids is 1. The zero-order chi connectivity index (χ0) is 20.5. The number of halogens is 4. The van der Waals surface area contributed by atoms with Crippen LogP contribution in [0.1, 0.15) is 24.0 Å². The third-order valence-corrected chi connectivity index (χ3v) is 4.68. The van der Waals surface area contributed by atoms with Gasteiger partial charge in [0, 0.05) is 31.3 Å². The summed E-state index contributed by atoms with van der Waals surface area (Å²) in [5.41, 5.74) is -0.831. The molecule has 1 N–H and O–H groups in total. The summed E-state index contributed by atoms with van der Waals surface area (Å²) in [6, 6.07) is 8.05. The van der Waals surface area contributed by atoms with E-state index < -0.39 is 27.4 Å². The molecule has 0 aromatic heterocycles. The number of carbonyl (C=O) groups is 1. The molecule has 2 aromatic carbocycles. The van der Waals surface area contributed by atoms with Crippen molar-refractivity contribution in [3.8, 4) is 0 Å². The van der Waals surface area contributed by atoms with E-state index in [4.69, 9.17) is 11.6 Å². The second kappa shape index (κ2) is 7.67. The van der Waals surface area contributed by atoms with Crippen LogP contribution in [0.5, 0.6) is 0 Å². The summed E-state index contributed by atoms with van der Waals surface area (Å²) in [5.74, 6) is 0.0947. The lowest BCUT2D eigenvalue weighted by Gasteiger charge is -2.16. The maximum atomic E-state index is 12.9. The smallest absolute Gasteiger partial charge is 0.350 e. The predicted octanol–water partition coefficient (Wildman–Crippen LogP) is 5.13. The molecule has 0 bridgehead atoms. The molecule has 0 saturated carbocycles. The molecule has 3 rings (SSSR count). The van der Waals surface area contributed by atoms with Gasteiger partial charge in [-0.05, 0) is 30.2 Å².